The second-order valence-corrected chi connectivity index (χ2v) is 18.6. The molecule has 0 N–H and O–H groups in total. The molecular formula is C51H58N4OPt. The fourth-order valence-corrected chi connectivity index (χ4v) is 7.89. The van der Waals surface area contributed by atoms with Crippen LogP contribution in [-0.2, 0) is 33.9 Å². The second-order valence-electron chi connectivity index (χ2n) is 18.6. The fraction of sp³-hybridized carbons (Fsp3) is 0.373. The zero-order chi connectivity index (χ0) is 40.1. The molecule has 0 fully saturated rings. The maximum atomic E-state index is 6.59. The Labute approximate surface area is 355 Å². The molecule has 7 aromatic rings. The van der Waals surface area contributed by atoms with Crippen LogP contribution in [0.3, 0.4) is 0 Å². The molecule has 0 unspecified atom stereocenters. The van der Waals surface area contributed by atoms with E-state index in [1.54, 1.807) is 0 Å². The molecule has 0 atom stereocenters. The summed E-state index contributed by atoms with van der Waals surface area (Å²) in [5.74, 6) is 2.50. The summed E-state index contributed by atoms with van der Waals surface area (Å²) < 4.78 is 10.7. The van der Waals surface area contributed by atoms with Crippen LogP contribution in [0.4, 0.5) is 0 Å². The molecule has 0 aliphatic rings. The number of pyridine rings is 1. The zero-order valence-corrected chi connectivity index (χ0v) is 38.2. The Hall–Kier alpha value is -4.47. The van der Waals surface area contributed by atoms with Gasteiger partial charge in [-0.05, 0) is 131 Å². The van der Waals surface area contributed by atoms with Crippen molar-refractivity contribution in [1.82, 2.24) is 19.3 Å². The van der Waals surface area contributed by atoms with Crippen LogP contribution in [0.1, 0.15) is 113 Å². The summed E-state index contributed by atoms with van der Waals surface area (Å²) in [7, 11) is 0. The number of fused-ring (bicyclic) bond motifs is 3. The first kappa shape index (κ1) is 42.1. The summed E-state index contributed by atoms with van der Waals surface area (Å²) in [6.45, 7) is 27.5. The van der Waals surface area contributed by atoms with Crippen LogP contribution in [0.15, 0.2) is 79.3 Å². The number of para-hydroxylation sites is 1. The van der Waals surface area contributed by atoms with Crippen molar-refractivity contribution in [2.45, 2.75) is 115 Å². The van der Waals surface area contributed by atoms with Crippen molar-refractivity contribution >= 4 is 21.8 Å². The maximum Gasteiger partial charge on any atom is 2.00 e. The van der Waals surface area contributed by atoms with Crippen molar-refractivity contribution < 1.29 is 25.8 Å². The van der Waals surface area contributed by atoms with Crippen LogP contribution in [0, 0.1) is 50.7 Å². The Morgan fingerprint density at radius 1 is 0.737 bits per heavy atom. The summed E-state index contributed by atoms with van der Waals surface area (Å²) in [5.41, 5.74) is 15.3. The number of hydrogen-bond donors (Lipinski definition) is 0. The first-order valence-corrected chi connectivity index (χ1v) is 20.3. The molecule has 0 bridgehead atoms. The largest absolute Gasteiger partial charge is 2.00 e. The molecule has 0 saturated heterocycles. The first-order valence-electron chi connectivity index (χ1n) is 20.3. The van der Waals surface area contributed by atoms with Crippen molar-refractivity contribution in [3.63, 3.8) is 0 Å². The second kappa shape index (κ2) is 16.4. The van der Waals surface area contributed by atoms with Crippen molar-refractivity contribution in [3.8, 4) is 34.1 Å². The molecule has 0 radical (unpaired) electrons. The van der Waals surface area contributed by atoms with E-state index in [4.69, 9.17) is 14.8 Å². The van der Waals surface area contributed by atoms with E-state index in [2.05, 4.69) is 155 Å². The van der Waals surface area contributed by atoms with Crippen LogP contribution in [0.25, 0.3) is 44.4 Å². The number of hydrogen-bond acceptors (Lipinski definition) is 3. The number of ether oxygens (including phenoxy) is 1. The van der Waals surface area contributed by atoms with Crippen molar-refractivity contribution in [2.24, 2.45) is 10.8 Å². The van der Waals surface area contributed by atoms with Crippen LogP contribution in [0.2, 0.25) is 0 Å². The molecule has 0 saturated carbocycles. The third-order valence-electron chi connectivity index (χ3n) is 11.4. The molecule has 0 spiro atoms. The Kier molecular flexibility index (Phi) is 12.1. The number of aryl methyl sites for hydroxylation is 1. The molecule has 6 heteroatoms. The van der Waals surface area contributed by atoms with Gasteiger partial charge in [-0.3, -0.25) is 4.68 Å². The minimum absolute atomic E-state index is 0. The van der Waals surface area contributed by atoms with E-state index in [-0.39, 0.29) is 31.9 Å². The molecule has 0 amide bonds. The molecule has 3 heterocycles. The molecule has 4 aromatic carbocycles. The van der Waals surface area contributed by atoms with Gasteiger partial charge in [0, 0.05) is 35.0 Å². The van der Waals surface area contributed by atoms with E-state index >= 15 is 0 Å². The SMILES string of the molecule is Cc1cc(Oc2[c-]c3c(cc2)c2ccccc2n3-c2cc(C(C)C)ccn2)[c-]c(-n2cc(-c3c(CCC(C)(C)C)c(C)c(C)c(C)c3CCC(C)(C)C)cn2)c1.[Pt+2]. The predicted octanol–water partition coefficient (Wildman–Crippen LogP) is 13.7. The average Bonchev–Trinajstić information content (AvgIpc) is 3.75. The fourth-order valence-electron chi connectivity index (χ4n) is 7.89. The Morgan fingerprint density at radius 2 is 1.40 bits per heavy atom. The molecule has 0 aliphatic carbocycles. The van der Waals surface area contributed by atoms with Gasteiger partial charge in [-0.1, -0.05) is 86.0 Å². The van der Waals surface area contributed by atoms with Gasteiger partial charge in [0.25, 0.3) is 0 Å². The summed E-state index contributed by atoms with van der Waals surface area (Å²) in [6.07, 6.45) is 10.4. The van der Waals surface area contributed by atoms with Crippen LogP contribution in [-0.4, -0.2) is 19.3 Å². The van der Waals surface area contributed by atoms with Gasteiger partial charge in [-0.15, -0.1) is 35.7 Å². The Morgan fingerprint density at radius 3 is 2.05 bits per heavy atom. The average molecular weight is 938 g/mol. The van der Waals surface area contributed by atoms with E-state index in [0.29, 0.717) is 17.4 Å². The van der Waals surface area contributed by atoms with Gasteiger partial charge in [0.2, 0.25) is 0 Å². The summed E-state index contributed by atoms with van der Waals surface area (Å²) >= 11 is 0. The third kappa shape index (κ3) is 9.00. The monoisotopic (exact) mass is 937 g/mol. The van der Waals surface area contributed by atoms with Gasteiger partial charge >= 0.3 is 21.1 Å². The molecular weight excluding hydrogens is 880 g/mol. The molecule has 7 rings (SSSR count). The number of nitrogens with zero attached hydrogens (tertiary/aromatic N) is 4. The standard InChI is InChI=1S/C51H58N4O.Pt/c1-32(2)37-21-24-52-48(27-37)55-46-16-14-13-15-44(46)45-18-17-40(29-47(45)55)56-41-26-33(3)25-39(28-41)54-31-38(30-53-54)49-42(19-22-50(7,8)9)35(5)34(4)36(6)43(49)20-23-51(10,11)12;/h13-18,21,24-27,30-32H,19-20,22-23H2,1-12H3;/q-2;+2. The molecule has 57 heavy (non-hydrogen) atoms. The van der Waals surface area contributed by atoms with E-state index in [9.17, 15) is 0 Å². The number of rotatable bonds is 10. The van der Waals surface area contributed by atoms with Crippen molar-refractivity contribution in [3.05, 3.63) is 130 Å². The van der Waals surface area contributed by atoms with E-state index in [1.165, 1.54) is 38.9 Å². The Bertz CT molecular complexity index is 2510. The van der Waals surface area contributed by atoms with Crippen molar-refractivity contribution in [1.29, 1.82) is 0 Å². The molecule has 298 valence electrons. The minimum atomic E-state index is 0. The Balaban J connectivity index is 0.00000549. The predicted molar refractivity (Wildman–Crippen MR) is 234 cm³/mol. The molecule has 0 aliphatic heterocycles. The van der Waals surface area contributed by atoms with Gasteiger partial charge < -0.3 is 9.30 Å². The normalized spacial score (nSPS) is 12.2. The first-order chi connectivity index (χ1) is 26.5. The quantitative estimate of drug-likeness (QED) is 0.128. The van der Waals surface area contributed by atoms with E-state index < -0.39 is 0 Å². The number of aromatic nitrogens is 4. The summed E-state index contributed by atoms with van der Waals surface area (Å²) in [4.78, 5) is 4.81. The zero-order valence-electron chi connectivity index (χ0n) is 35.9. The van der Waals surface area contributed by atoms with Gasteiger partial charge in [0.15, 0.2) is 0 Å². The van der Waals surface area contributed by atoms with Crippen LogP contribution >= 0.6 is 0 Å². The van der Waals surface area contributed by atoms with Gasteiger partial charge in [0.05, 0.1) is 6.20 Å². The smallest absolute Gasteiger partial charge is 0.509 e. The molecule has 3 aromatic heterocycles. The van der Waals surface area contributed by atoms with Gasteiger partial charge in [-0.25, -0.2) is 4.98 Å². The summed E-state index contributed by atoms with van der Waals surface area (Å²) in [6, 6.07) is 28.2. The van der Waals surface area contributed by atoms with Gasteiger partial charge in [0.1, 0.15) is 5.82 Å². The van der Waals surface area contributed by atoms with Crippen LogP contribution < -0.4 is 4.74 Å². The summed E-state index contributed by atoms with van der Waals surface area (Å²) in [5, 5.41) is 7.24. The topological polar surface area (TPSA) is 44.9 Å². The van der Waals surface area contributed by atoms with Crippen LogP contribution in [0.5, 0.6) is 11.5 Å². The van der Waals surface area contributed by atoms with Crippen molar-refractivity contribution in [2.75, 3.05) is 0 Å². The molecule has 5 nitrogen and oxygen atoms in total. The van der Waals surface area contributed by atoms with E-state index in [0.717, 1.165) is 70.1 Å². The van der Waals surface area contributed by atoms with Gasteiger partial charge in [-0.2, -0.15) is 16.7 Å². The number of benzene rings is 4. The maximum absolute atomic E-state index is 6.59. The van der Waals surface area contributed by atoms with E-state index in [1.807, 2.05) is 29.2 Å². The minimum Gasteiger partial charge on any atom is -0.509 e. The third-order valence-corrected chi connectivity index (χ3v) is 11.4.